The van der Waals surface area contributed by atoms with Crippen LogP contribution >= 0.6 is 0 Å². The van der Waals surface area contributed by atoms with Gasteiger partial charge in [-0.3, -0.25) is 5.73 Å². The van der Waals surface area contributed by atoms with Crippen LogP contribution in [0.2, 0.25) is 0 Å². The number of hydrogen-bond donors (Lipinski definition) is 0. The zero-order chi connectivity index (χ0) is 15.1. The smallest absolute Gasteiger partial charge is 0.0267 e. The minimum Gasteiger partial charge on any atom is -0.252 e. The van der Waals surface area contributed by atoms with Gasteiger partial charge in [-0.25, -0.2) is 0 Å². The molecule has 0 bridgehead atoms. The SMILES string of the molecule is CCCCCC/C=C/CCCCCCCCC(C)(C)[NH]. The highest BCUT2D eigenvalue weighted by atomic mass is 14.7. The molecule has 0 aliphatic rings. The molecule has 0 fully saturated rings. The van der Waals surface area contributed by atoms with Gasteiger partial charge in [0.05, 0.1) is 0 Å². The highest BCUT2D eigenvalue weighted by molar-refractivity contribution is 4.81. The number of nitrogens with one attached hydrogen (secondary N) is 1. The fraction of sp³-hybridized carbons (Fsp3) is 0.895. The third-order valence-corrected chi connectivity index (χ3v) is 3.81. The van der Waals surface area contributed by atoms with Crippen LogP contribution in [0.15, 0.2) is 12.2 Å². The molecule has 1 N–H and O–H groups in total. The molecule has 0 rings (SSSR count). The molecule has 0 unspecified atom stereocenters. The lowest BCUT2D eigenvalue weighted by molar-refractivity contribution is 0.428. The van der Waals surface area contributed by atoms with Gasteiger partial charge in [0.25, 0.3) is 0 Å². The topological polar surface area (TPSA) is 23.8 Å². The number of unbranched alkanes of at least 4 members (excludes halogenated alkanes) is 10. The monoisotopic (exact) mass is 280 g/mol. The molecule has 1 radical (unpaired) electrons. The van der Waals surface area contributed by atoms with Gasteiger partial charge in [0, 0.05) is 5.54 Å². The minimum atomic E-state index is -0.220. The van der Waals surface area contributed by atoms with Crippen LogP contribution in [0.3, 0.4) is 0 Å². The average molecular weight is 281 g/mol. The Morgan fingerprint density at radius 3 is 1.65 bits per heavy atom. The second-order valence-electron chi connectivity index (χ2n) is 6.86. The van der Waals surface area contributed by atoms with E-state index in [1.807, 2.05) is 13.8 Å². The van der Waals surface area contributed by atoms with E-state index in [0.29, 0.717) is 0 Å². The molecule has 0 aromatic carbocycles. The molecule has 0 aromatic rings. The summed E-state index contributed by atoms with van der Waals surface area (Å²) in [4.78, 5) is 0. The van der Waals surface area contributed by atoms with E-state index in [9.17, 15) is 0 Å². The summed E-state index contributed by atoms with van der Waals surface area (Å²) in [6, 6.07) is 0. The van der Waals surface area contributed by atoms with Gasteiger partial charge in [-0.1, -0.05) is 70.4 Å². The van der Waals surface area contributed by atoms with Crippen LogP contribution in [-0.4, -0.2) is 5.54 Å². The van der Waals surface area contributed by atoms with Crippen molar-refractivity contribution in [2.24, 2.45) is 0 Å². The van der Waals surface area contributed by atoms with Gasteiger partial charge in [0.15, 0.2) is 0 Å². The lowest BCUT2D eigenvalue weighted by Gasteiger charge is -2.16. The van der Waals surface area contributed by atoms with Crippen molar-refractivity contribution in [3.05, 3.63) is 12.2 Å². The number of rotatable bonds is 14. The van der Waals surface area contributed by atoms with Gasteiger partial charge in [0.1, 0.15) is 0 Å². The molecule has 20 heavy (non-hydrogen) atoms. The molecule has 0 saturated carbocycles. The fourth-order valence-electron chi connectivity index (χ4n) is 2.46. The second-order valence-corrected chi connectivity index (χ2v) is 6.86. The first-order chi connectivity index (χ1) is 9.56. The van der Waals surface area contributed by atoms with Gasteiger partial charge in [-0.2, -0.15) is 0 Å². The lowest BCUT2D eigenvalue weighted by Crippen LogP contribution is -2.20. The van der Waals surface area contributed by atoms with Gasteiger partial charge < -0.3 is 0 Å². The average Bonchev–Trinajstić information content (AvgIpc) is 2.38. The van der Waals surface area contributed by atoms with E-state index in [1.54, 1.807) is 0 Å². The standard InChI is InChI=1S/C19H38N/c1-4-5-6-7-8-9-10-11-12-13-14-15-16-17-18-19(2,3)20/h9-10,20H,4-8,11-18H2,1-3H3/b10-9+. The molecular weight excluding hydrogens is 242 g/mol. The van der Waals surface area contributed by atoms with E-state index < -0.39 is 0 Å². The molecule has 0 aromatic heterocycles. The molecule has 0 heterocycles. The van der Waals surface area contributed by atoms with Crippen molar-refractivity contribution in [1.82, 2.24) is 5.73 Å². The Morgan fingerprint density at radius 2 is 1.15 bits per heavy atom. The predicted octanol–water partition coefficient (Wildman–Crippen LogP) is 6.70. The van der Waals surface area contributed by atoms with E-state index in [4.69, 9.17) is 5.73 Å². The molecule has 1 nitrogen and oxygen atoms in total. The maximum atomic E-state index is 7.79. The Bertz CT molecular complexity index is 212. The van der Waals surface area contributed by atoms with E-state index in [-0.39, 0.29) is 5.54 Å². The third kappa shape index (κ3) is 17.7. The molecule has 0 saturated heterocycles. The van der Waals surface area contributed by atoms with E-state index in [0.717, 1.165) is 6.42 Å². The van der Waals surface area contributed by atoms with Gasteiger partial charge in [-0.15, -0.1) is 0 Å². The van der Waals surface area contributed by atoms with Crippen LogP contribution in [-0.2, 0) is 0 Å². The summed E-state index contributed by atoms with van der Waals surface area (Å²) < 4.78 is 0. The molecule has 0 aliphatic carbocycles. The van der Waals surface area contributed by atoms with E-state index in [2.05, 4.69) is 19.1 Å². The van der Waals surface area contributed by atoms with Crippen molar-refractivity contribution in [1.29, 1.82) is 0 Å². The fourth-order valence-corrected chi connectivity index (χ4v) is 2.46. The lowest BCUT2D eigenvalue weighted by atomic mass is 9.97. The van der Waals surface area contributed by atoms with Gasteiger partial charge in [-0.05, 0) is 46.0 Å². The zero-order valence-corrected chi connectivity index (χ0v) is 14.3. The summed E-state index contributed by atoms with van der Waals surface area (Å²) >= 11 is 0. The van der Waals surface area contributed by atoms with Crippen molar-refractivity contribution in [3.8, 4) is 0 Å². The van der Waals surface area contributed by atoms with Crippen molar-refractivity contribution >= 4 is 0 Å². The Morgan fingerprint density at radius 1 is 0.700 bits per heavy atom. The molecule has 0 atom stereocenters. The van der Waals surface area contributed by atoms with Crippen LogP contribution in [0.5, 0.6) is 0 Å². The second kappa shape index (κ2) is 13.7. The number of hydrogen-bond acceptors (Lipinski definition) is 0. The van der Waals surface area contributed by atoms with Gasteiger partial charge >= 0.3 is 0 Å². The molecule has 0 aliphatic heterocycles. The largest absolute Gasteiger partial charge is 0.252 e. The summed E-state index contributed by atoms with van der Waals surface area (Å²) in [6.07, 6.45) is 21.9. The van der Waals surface area contributed by atoms with Crippen LogP contribution in [0.25, 0.3) is 0 Å². The van der Waals surface area contributed by atoms with Crippen LogP contribution in [0.1, 0.15) is 104 Å². The quantitative estimate of drug-likeness (QED) is 0.250. The normalized spacial score (nSPS) is 12.4. The molecule has 1 heteroatoms. The first-order valence-corrected chi connectivity index (χ1v) is 8.96. The Kier molecular flexibility index (Phi) is 13.5. The highest BCUT2D eigenvalue weighted by Gasteiger charge is 2.09. The summed E-state index contributed by atoms with van der Waals surface area (Å²) in [6.45, 7) is 6.30. The first kappa shape index (κ1) is 19.7. The van der Waals surface area contributed by atoms with Crippen molar-refractivity contribution in [2.75, 3.05) is 0 Å². The van der Waals surface area contributed by atoms with Crippen molar-refractivity contribution in [3.63, 3.8) is 0 Å². The Hall–Kier alpha value is -0.300. The zero-order valence-electron chi connectivity index (χ0n) is 14.3. The summed E-state index contributed by atoms with van der Waals surface area (Å²) in [5.74, 6) is 0. The first-order valence-electron chi connectivity index (χ1n) is 8.96. The molecular formula is C19H38N. The molecule has 0 spiro atoms. The number of allylic oxidation sites excluding steroid dienone is 2. The molecule has 0 amide bonds. The maximum Gasteiger partial charge on any atom is 0.0267 e. The maximum absolute atomic E-state index is 7.79. The summed E-state index contributed by atoms with van der Waals surface area (Å²) in [5.41, 5.74) is 7.57. The van der Waals surface area contributed by atoms with E-state index >= 15 is 0 Å². The minimum absolute atomic E-state index is 0.220. The Balaban J connectivity index is 3.11. The van der Waals surface area contributed by atoms with Gasteiger partial charge in [0.2, 0.25) is 0 Å². The van der Waals surface area contributed by atoms with Crippen molar-refractivity contribution in [2.45, 2.75) is 110 Å². The predicted molar refractivity (Wildman–Crippen MR) is 92.0 cm³/mol. The van der Waals surface area contributed by atoms with Crippen molar-refractivity contribution < 1.29 is 0 Å². The summed E-state index contributed by atoms with van der Waals surface area (Å²) in [7, 11) is 0. The van der Waals surface area contributed by atoms with Crippen LogP contribution in [0, 0.1) is 0 Å². The van der Waals surface area contributed by atoms with Crippen LogP contribution in [0.4, 0.5) is 0 Å². The summed E-state index contributed by atoms with van der Waals surface area (Å²) in [5, 5.41) is 0. The third-order valence-electron chi connectivity index (χ3n) is 3.81. The van der Waals surface area contributed by atoms with E-state index in [1.165, 1.54) is 77.0 Å². The Labute approximate surface area is 128 Å². The molecule has 119 valence electrons. The highest BCUT2D eigenvalue weighted by Crippen LogP contribution is 2.14. The van der Waals surface area contributed by atoms with Crippen LogP contribution < -0.4 is 5.73 Å².